The van der Waals surface area contributed by atoms with Gasteiger partial charge in [0.1, 0.15) is 5.75 Å². The molecule has 3 amide bonds. The van der Waals surface area contributed by atoms with E-state index in [1.165, 1.54) is 12.5 Å². The Labute approximate surface area is 188 Å². The van der Waals surface area contributed by atoms with Crippen molar-refractivity contribution in [1.82, 2.24) is 0 Å². The van der Waals surface area contributed by atoms with Crippen LogP contribution in [0, 0.1) is 0 Å². The van der Waals surface area contributed by atoms with Gasteiger partial charge in [0.05, 0.1) is 12.5 Å². The highest BCUT2D eigenvalue weighted by Gasteiger charge is 2.11. The maximum atomic E-state index is 12.3. The third kappa shape index (κ3) is 5.88. The van der Waals surface area contributed by atoms with Gasteiger partial charge >= 0.3 is 0 Å². The standard InChI is InChI=1S/C24H19N3O6/c28-22(25-16-5-1-6-17(13-16)26-23(29)20-9-3-11-31-20)15-33-19-8-2-7-18(14-19)27-24(30)21-10-4-12-32-21/h1-14H,15H2,(H,25,28)(H,26,29)(H,27,30). The topological polar surface area (TPSA) is 123 Å². The van der Waals surface area contributed by atoms with Crippen LogP contribution < -0.4 is 20.7 Å². The van der Waals surface area contributed by atoms with Crippen molar-refractivity contribution in [2.75, 3.05) is 22.6 Å². The fourth-order valence-corrected chi connectivity index (χ4v) is 2.89. The molecule has 3 N–H and O–H groups in total. The number of furan rings is 2. The summed E-state index contributed by atoms with van der Waals surface area (Å²) in [5, 5.41) is 8.09. The summed E-state index contributed by atoms with van der Waals surface area (Å²) in [5.41, 5.74) is 1.48. The molecule has 0 radical (unpaired) electrons. The summed E-state index contributed by atoms with van der Waals surface area (Å²) in [7, 11) is 0. The number of amides is 3. The molecule has 0 atom stereocenters. The molecule has 0 saturated heterocycles. The van der Waals surface area contributed by atoms with Crippen LogP contribution in [0.2, 0.25) is 0 Å². The molecular formula is C24H19N3O6. The maximum absolute atomic E-state index is 12.3. The SMILES string of the molecule is O=C(COc1cccc(NC(=O)c2ccco2)c1)Nc1cccc(NC(=O)c2ccco2)c1. The zero-order valence-corrected chi connectivity index (χ0v) is 17.2. The largest absolute Gasteiger partial charge is 0.484 e. The Morgan fingerprint density at radius 1 is 0.667 bits per heavy atom. The number of hydrogen-bond acceptors (Lipinski definition) is 6. The molecule has 0 aliphatic carbocycles. The van der Waals surface area contributed by atoms with Crippen LogP contribution in [0.5, 0.6) is 5.75 Å². The van der Waals surface area contributed by atoms with E-state index in [0.717, 1.165) is 0 Å². The first-order valence-corrected chi connectivity index (χ1v) is 9.89. The van der Waals surface area contributed by atoms with E-state index < -0.39 is 17.7 Å². The van der Waals surface area contributed by atoms with Crippen molar-refractivity contribution in [2.45, 2.75) is 0 Å². The molecule has 4 rings (SSSR count). The molecule has 2 aromatic heterocycles. The number of carbonyl (C=O) groups is 3. The molecule has 2 heterocycles. The molecule has 0 saturated carbocycles. The molecule has 2 aromatic carbocycles. The van der Waals surface area contributed by atoms with E-state index in [0.29, 0.717) is 22.8 Å². The van der Waals surface area contributed by atoms with Gasteiger partial charge in [0.15, 0.2) is 18.1 Å². The smallest absolute Gasteiger partial charge is 0.291 e. The number of rotatable bonds is 8. The number of anilines is 3. The average molecular weight is 445 g/mol. The Kier molecular flexibility index (Phi) is 6.51. The minimum Gasteiger partial charge on any atom is -0.484 e. The van der Waals surface area contributed by atoms with Gasteiger partial charge in [-0.1, -0.05) is 12.1 Å². The molecule has 0 aliphatic heterocycles. The summed E-state index contributed by atoms with van der Waals surface area (Å²) < 4.78 is 15.6. The van der Waals surface area contributed by atoms with E-state index in [1.54, 1.807) is 72.8 Å². The van der Waals surface area contributed by atoms with Crippen molar-refractivity contribution in [3.8, 4) is 5.75 Å². The highest BCUT2D eigenvalue weighted by Crippen LogP contribution is 2.19. The Hall–Kier alpha value is -4.79. The van der Waals surface area contributed by atoms with E-state index >= 15 is 0 Å². The second-order valence-electron chi connectivity index (χ2n) is 6.81. The predicted molar refractivity (Wildman–Crippen MR) is 120 cm³/mol. The lowest BCUT2D eigenvalue weighted by atomic mass is 10.2. The molecular weight excluding hydrogens is 426 g/mol. The molecule has 0 spiro atoms. The zero-order valence-electron chi connectivity index (χ0n) is 17.2. The predicted octanol–water partition coefficient (Wildman–Crippen LogP) is 4.39. The number of benzene rings is 2. The van der Waals surface area contributed by atoms with Crippen LogP contribution >= 0.6 is 0 Å². The van der Waals surface area contributed by atoms with E-state index in [1.807, 2.05) is 0 Å². The molecule has 9 heteroatoms. The van der Waals surface area contributed by atoms with Gasteiger partial charge in [-0.25, -0.2) is 0 Å². The van der Waals surface area contributed by atoms with Gasteiger partial charge < -0.3 is 29.5 Å². The molecule has 0 fully saturated rings. The van der Waals surface area contributed by atoms with Crippen LogP contribution in [0.3, 0.4) is 0 Å². The van der Waals surface area contributed by atoms with Crippen molar-refractivity contribution >= 4 is 34.8 Å². The maximum Gasteiger partial charge on any atom is 0.291 e. The molecule has 0 bridgehead atoms. The van der Waals surface area contributed by atoms with Gasteiger partial charge in [-0.05, 0) is 54.6 Å². The van der Waals surface area contributed by atoms with Gasteiger partial charge in [0.25, 0.3) is 17.7 Å². The van der Waals surface area contributed by atoms with E-state index in [2.05, 4.69) is 16.0 Å². The summed E-state index contributed by atoms with van der Waals surface area (Å²) in [4.78, 5) is 36.5. The van der Waals surface area contributed by atoms with Crippen molar-refractivity contribution in [3.05, 3.63) is 96.8 Å². The third-order valence-corrected chi connectivity index (χ3v) is 4.36. The lowest BCUT2D eigenvalue weighted by molar-refractivity contribution is -0.118. The van der Waals surface area contributed by atoms with Crippen LogP contribution in [0.15, 0.2) is 94.2 Å². The van der Waals surface area contributed by atoms with Gasteiger partial charge in [-0.2, -0.15) is 0 Å². The van der Waals surface area contributed by atoms with Crippen molar-refractivity contribution in [1.29, 1.82) is 0 Å². The first-order chi connectivity index (χ1) is 16.1. The minimum atomic E-state index is -0.397. The van der Waals surface area contributed by atoms with Crippen LogP contribution in [0.1, 0.15) is 21.1 Å². The molecule has 9 nitrogen and oxygen atoms in total. The Balaban J connectivity index is 1.30. The van der Waals surface area contributed by atoms with E-state index in [-0.39, 0.29) is 18.1 Å². The summed E-state index contributed by atoms with van der Waals surface area (Å²) in [6, 6.07) is 19.7. The fraction of sp³-hybridized carbons (Fsp3) is 0.0417. The number of nitrogens with one attached hydrogen (secondary N) is 3. The minimum absolute atomic E-state index is 0.181. The van der Waals surface area contributed by atoms with Crippen molar-refractivity contribution in [3.63, 3.8) is 0 Å². The van der Waals surface area contributed by atoms with Crippen LogP contribution in [-0.2, 0) is 4.79 Å². The quantitative estimate of drug-likeness (QED) is 0.370. The molecule has 33 heavy (non-hydrogen) atoms. The van der Waals surface area contributed by atoms with Crippen LogP contribution in [0.4, 0.5) is 17.1 Å². The van der Waals surface area contributed by atoms with Crippen molar-refractivity contribution in [2.24, 2.45) is 0 Å². The Bertz CT molecular complexity index is 1250. The summed E-state index contributed by atoms with van der Waals surface area (Å²) >= 11 is 0. The van der Waals surface area contributed by atoms with Gasteiger partial charge in [0, 0.05) is 23.1 Å². The van der Waals surface area contributed by atoms with Crippen LogP contribution in [-0.4, -0.2) is 24.3 Å². The fourth-order valence-electron chi connectivity index (χ4n) is 2.89. The average Bonchev–Trinajstić information content (AvgIpc) is 3.53. The van der Waals surface area contributed by atoms with E-state index in [4.69, 9.17) is 13.6 Å². The molecule has 0 aliphatic rings. The highest BCUT2D eigenvalue weighted by atomic mass is 16.5. The Morgan fingerprint density at radius 3 is 1.79 bits per heavy atom. The summed E-state index contributed by atoms with van der Waals surface area (Å²) in [6.07, 6.45) is 2.82. The first kappa shape index (κ1) is 21.4. The normalized spacial score (nSPS) is 10.3. The molecule has 166 valence electrons. The first-order valence-electron chi connectivity index (χ1n) is 9.89. The second kappa shape index (κ2) is 10.0. The second-order valence-corrected chi connectivity index (χ2v) is 6.81. The number of hydrogen-bond donors (Lipinski definition) is 3. The van der Waals surface area contributed by atoms with Gasteiger partial charge in [-0.15, -0.1) is 0 Å². The third-order valence-electron chi connectivity index (χ3n) is 4.36. The monoisotopic (exact) mass is 445 g/mol. The molecule has 4 aromatic rings. The highest BCUT2D eigenvalue weighted by molar-refractivity contribution is 6.03. The van der Waals surface area contributed by atoms with Crippen molar-refractivity contribution < 1.29 is 28.0 Å². The van der Waals surface area contributed by atoms with Crippen LogP contribution in [0.25, 0.3) is 0 Å². The lowest BCUT2D eigenvalue weighted by Crippen LogP contribution is -2.20. The van der Waals surface area contributed by atoms with Gasteiger partial charge in [-0.3, -0.25) is 14.4 Å². The zero-order chi connectivity index (χ0) is 23.0. The molecule has 0 unspecified atom stereocenters. The van der Waals surface area contributed by atoms with E-state index in [9.17, 15) is 14.4 Å². The number of carbonyl (C=O) groups excluding carboxylic acids is 3. The lowest BCUT2D eigenvalue weighted by Gasteiger charge is -2.10. The Morgan fingerprint density at radius 2 is 1.21 bits per heavy atom. The number of ether oxygens (including phenoxy) is 1. The van der Waals surface area contributed by atoms with Gasteiger partial charge in [0.2, 0.25) is 0 Å². The summed E-state index contributed by atoms with van der Waals surface area (Å²) in [6.45, 7) is -0.251. The summed E-state index contributed by atoms with van der Waals surface area (Å²) in [5.74, 6) is -0.417.